The van der Waals surface area contributed by atoms with Gasteiger partial charge in [0.2, 0.25) is 5.91 Å². The van der Waals surface area contributed by atoms with Crippen LogP contribution < -0.4 is 10.6 Å². The Labute approximate surface area is 163 Å². The van der Waals surface area contributed by atoms with Crippen LogP contribution in [-0.2, 0) is 16.8 Å². The number of hydrogen-bond donors (Lipinski definition) is 3. The Kier molecular flexibility index (Phi) is 4.84. The molecule has 0 saturated carbocycles. The van der Waals surface area contributed by atoms with Gasteiger partial charge in [-0.3, -0.25) is 14.9 Å². The number of likely N-dealkylation sites (tertiary alicyclic amines) is 1. The van der Waals surface area contributed by atoms with Crippen molar-refractivity contribution in [2.24, 2.45) is 0 Å². The highest BCUT2D eigenvalue weighted by molar-refractivity contribution is 5.92. The predicted octanol–water partition coefficient (Wildman–Crippen LogP) is 0.370. The molecule has 9 heteroatoms. The van der Waals surface area contributed by atoms with Crippen molar-refractivity contribution in [2.75, 3.05) is 13.1 Å². The number of nitrogens with one attached hydrogen (secondary N) is 3. The Morgan fingerprint density at radius 3 is 2.79 bits per heavy atom. The van der Waals surface area contributed by atoms with Gasteiger partial charge in [0.1, 0.15) is 0 Å². The lowest BCUT2D eigenvalue weighted by molar-refractivity contribution is -0.124. The van der Waals surface area contributed by atoms with E-state index in [0.717, 1.165) is 11.4 Å². The Morgan fingerprint density at radius 1 is 1.32 bits per heavy atom. The highest BCUT2D eigenvalue weighted by atomic mass is 16.2. The van der Waals surface area contributed by atoms with E-state index < -0.39 is 5.54 Å². The number of piperidine rings is 1. The van der Waals surface area contributed by atoms with Crippen LogP contribution in [0.15, 0.2) is 24.7 Å². The van der Waals surface area contributed by atoms with Gasteiger partial charge >= 0.3 is 0 Å². The molecule has 2 amide bonds. The van der Waals surface area contributed by atoms with Gasteiger partial charge in [-0.25, -0.2) is 4.98 Å². The molecule has 2 aromatic rings. The van der Waals surface area contributed by atoms with Crippen molar-refractivity contribution >= 4 is 11.8 Å². The van der Waals surface area contributed by atoms with E-state index in [-0.39, 0.29) is 23.9 Å². The van der Waals surface area contributed by atoms with Crippen LogP contribution in [0.3, 0.4) is 0 Å². The molecule has 4 rings (SSSR count). The van der Waals surface area contributed by atoms with Gasteiger partial charge in [-0.2, -0.15) is 5.10 Å². The maximum Gasteiger partial charge on any atom is 0.274 e. The lowest BCUT2D eigenvalue weighted by Crippen LogP contribution is -2.62. The highest BCUT2D eigenvalue weighted by Crippen LogP contribution is 2.37. The van der Waals surface area contributed by atoms with Gasteiger partial charge in [0, 0.05) is 37.4 Å². The van der Waals surface area contributed by atoms with E-state index in [1.807, 2.05) is 13.8 Å². The zero-order valence-corrected chi connectivity index (χ0v) is 16.1. The molecule has 0 aliphatic carbocycles. The topological polar surface area (TPSA) is 116 Å². The smallest absolute Gasteiger partial charge is 0.274 e. The lowest BCUT2D eigenvalue weighted by Gasteiger charge is -2.46. The number of aromatic amines is 1. The minimum absolute atomic E-state index is 0.00677. The zero-order valence-electron chi connectivity index (χ0n) is 16.1. The van der Waals surface area contributed by atoms with Gasteiger partial charge in [0.05, 0.1) is 23.6 Å². The van der Waals surface area contributed by atoms with E-state index in [0.29, 0.717) is 38.0 Å². The van der Waals surface area contributed by atoms with Crippen LogP contribution in [0.25, 0.3) is 0 Å². The molecule has 148 valence electrons. The third-order valence-electron chi connectivity index (χ3n) is 5.47. The Morgan fingerprint density at radius 2 is 2.11 bits per heavy atom. The highest BCUT2D eigenvalue weighted by Gasteiger charge is 2.46. The summed E-state index contributed by atoms with van der Waals surface area (Å²) in [7, 11) is 0. The minimum atomic E-state index is -0.411. The molecule has 1 spiro atoms. The monoisotopic (exact) mass is 383 g/mol. The maximum absolute atomic E-state index is 12.7. The third-order valence-corrected chi connectivity index (χ3v) is 5.47. The fourth-order valence-electron chi connectivity index (χ4n) is 4.14. The van der Waals surface area contributed by atoms with Crippen molar-refractivity contribution in [3.63, 3.8) is 0 Å². The summed E-state index contributed by atoms with van der Waals surface area (Å²) in [6, 6.07) is 3.15. The van der Waals surface area contributed by atoms with Gasteiger partial charge in [-0.1, -0.05) is 0 Å². The third kappa shape index (κ3) is 3.37. The number of H-pyrrole nitrogens is 1. The van der Waals surface area contributed by atoms with Crippen LogP contribution in [0.4, 0.5) is 0 Å². The molecule has 1 atom stereocenters. The van der Waals surface area contributed by atoms with Gasteiger partial charge < -0.3 is 15.2 Å². The summed E-state index contributed by atoms with van der Waals surface area (Å²) >= 11 is 0. The Bertz CT molecular complexity index is 856. The molecule has 1 fully saturated rings. The molecule has 2 aliphatic heterocycles. The van der Waals surface area contributed by atoms with Gasteiger partial charge in [0.15, 0.2) is 5.69 Å². The molecule has 2 aliphatic rings. The van der Waals surface area contributed by atoms with E-state index in [2.05, 4.69) is 30.8 Å². The standard InChI is InChI=1S/C19H25N7O2/c1-12(2)23-17(27)15-10-14-16(21-11-20-14)19(24-15)5-8-26(9-6-19)18(28)13-4-3-7-22-25-13/h3-4,7,11-12,15,24H,5-6,8-10H2,1-2H3,(H,20,21)(H,23,27)/t15-/m0/s1. The van der Waals surface area contributed by atoms with E-state index in [9.17, 15) is 9.59 Å². The fourth-order valence-corrected chi connectivity index (χ4v) is 4.14. The number of nitrogens with zero attached hydrogens (tertiary/aromatic N) is 4. The molecular weight excluding hydrogens is 358 g/mol. The second-order valence-electron chi connectivity index (χ2n) is 7.78. The first-order valence-electron chi connectivity index (χ1n) is 9.66. The molecule has 1 saturated heterocycles. The van der Waals surface area contributed by atoms with Crippen LogP contribution in [-0.4, -0.2) is 62.1 Å². The molecular formula is C19H25N7O2. The second-order valence-corrected chi connectivity index (χ2v) is 7.78. The molecule has 0 bridgehead atoms. The lowest BCUT2D eigenvalue weighted by atomic mass is 9.78. The normalized spacial score (nSPS) is 20.8. The maximum atomic E-state index is 12.7. The molecule has 9 nitrogen and oxygen atoms in total. The summed E-state index contributed by atoms with van der Waals surface area (Å²) in [4.78, 5) is 34.8. The number of carbonyl (C=O) groups excluding carboxylic acids is 2. The fraction of sp³-hybridized carbons (Fsp3) is 0.526. The first kappa shape index (κ1) is 18.5. The van der Waals surface area contributed by atoms with E-state index >= 15 is 0 Å². The number of amides is 2. The molecule has 0 aromatic carbocycles. The molecule has 0 unspecified atom stereocenters. The number of fused-ring (bicyclic) bond motifs is 2. The van der Waals surface area contributed by atoms with Crippen molar-refractivity contribution in [3.05, 3.63) is 41.7 Å². The SMILES string of the molecule is CC(C)NC(=O)[C@@H]1Cc2[nH]cnc2C2(CCN(C(=O)c3cccnn3)CC2)N1. The van der Waals surface area contributed by atoms with Crippen LogP contribution in [0.1, 0.15) is 48.6 Å². The molecule has 2 aromatic heterocycles. The Balaban J connectivity index is 1.52. The van der Waals surface area contributed by atoms with Crippen molar-refractivity contribution in [1.29, 1.82) is 0 Å². The van der Waals surface area contributed by atoms with Crippen LogP contribution in [0, 0.1) is 0 Å². The van der Waals surface area contributed by atoms with E-state index in [4.69, 9.17) is 0 Å². The van der Waals surface area contributed by atoms with Crippen molar-refractivity contribution in [1.82, 2.24) is 35.7 Å². The van der Waals surface area contributed by atoms with Gasteiger partial charge in [-0.05, 0) is 38.8 Å². The number of hydrogen-bond acceptors (Lipinski definition) is 6. The first-order chi connectivity index (χ1) is 13.5. The molecule has 3 N–H and O–H groups in total. The van der Waals surface area contributed by atoms with Crippen molar-refractivity contribution in [3.8, 4) is 0 Å². The van der Waals surface area contributed by atoms with Crippen molar-refractivity contribution in [2.45, 2.75) is 50.7 Å². The van der Waals surface area contributed by atoms with E-state index in [1.165, 1.54) is 0 Å². The summed E-state index contributed by atoms with van der Waals surface area (Å²) in [5, 5.41) is 14.3. The summed E-state index contributed by atoms with van der Waals surface area (Å²) in [5.74, 6) is -0.122. The molecule has 4 heterocycles. The summed E-state index contributed by atoms with van der Waals surface area (Å²) in [6.07, 6.45) is 5.19. The largest absolute Gasteiger partial charge is 0.353 e. The quantitative estimate of drug-likeness (QED) is 0.705. The average molecular weight is 383 g/mol. The van der Waals surface area contributed by atoms with Crippen LogP contribution in [0.2, 0.25) is 0 Å². The number of aromatic nitrogens is 4. The average Bonchev–Trinajstić information content (AvgIpc) is 3.18. The van der Waals surface area contributed by atoms with Gasteiger partial charge in [-0.15, -0.1) is 5.10 Å². The molecule has 0 radical (unpaired) electrons. The van der Waals surface area contributed by atoms with Crippen molar-refractivity contribution < 1.29 is 9.59 Å². The summed E-state index contributed by atoms with van der Waals surface area (Å²) in [5.41, 5.74) is 1.90. The first-order valence-corrected chi connectivity index (χ1v) is 9.66. The second kappa shape index (κ2) is 7.31. The number of rotatable bonds is 3. The van der Waals surface area contributed by atoms with Crippen LogP contribution >= 0.6 is 0 Å². The van der Waals surface area contributed by atoms with E-state index in [1.54, 1.807) is 29.6 Å². The minimum Gasteiger partial charge on any atom is -0.353 e. The molecule has 28 heavy (non-hydrogen) atoms. The van der Waals surface area contributed by atoms with Gasteiger partial charge in [0.25, 0.3) is 5.91 Å². The van der Waals surface area contributed by atoms with Crippen LogP contribution in [0.5, 0.6) is 0 Å². The summed E-state index contributed by atoms with van der Waals surface area (Å²) in [6.45, 7) is 5.03. The number of carbonyl (C=O) groups is 2. The summed E-state index contributed by atoms with van der Waals surface area (Å²) < 4.78 is 0. The number of imidazole rings is 1. The predicted molar refractivity (Wildman–Crippen MR) is 101 cm³/mol. The zero-order chi connectivity index (χ0) is 19.7. The Hall–Kier alpha value is -2.81.